The maximum atomic E-state index is 6.74. The number of hydrogen-bond acceptors (Lipinski definition) is 5. The first-order chi connectivity index (χ1) is 32.1. The second-order valence-electron chi connectivity index (χ2n) is 17.2. The van der Waals surface area contributed by atoms with Gasteiger partial charge in [-0.3, -0.25) is 0 Å². The molecule has 0 saturated carbocycles. The van der Waals surface area contributed by atoms with Crippen molar-refractivity contribution in [2.24, 2.45) is 5.92 Å². The summed E-state index contributed by atoms with van der Waals surface area (Å²) in [6, 6.07) is 69.1. The molecule has 3 aromatic heterocycles. The zero-order valence-corrected chi connectivity index (χ0v) is 36.3. The second-order valence-corrected chi connectivity index (χ2v) is 18.3. The average Bonchev–Trinajstić information content (AvgIpc) is 3.95. The highest BCUT2D eigenvalue weighted by Gasteiger charge is 2.22. The van der Waals surface area contributed by atoms with Crippen LogP contribution in [-0.4, -0.2) is 15.0 Å². The zero-order valence-electron chi connectivity index (χ0n) is 35.5. The molecule has 0 aliphatic heterocycles. The average molecular weight is 850 g/mol. The minimum atomic E-state index is 0.410. The SMILES string of the molecule is CC1Cc2ccccc2C=C1c1ccc(-c2nc(-c3cc(-c4ccc(-c5ccccc5)c5oc6ccccc6c45)c4ccccc4c3)nc(-c3ccc4c(c3)sc3ccccc34)n2)cc1. The smallest absolute Gasteiger partial charge is 0.164 e. The summed E-state index contributed by atoms with van der Waals surface area (Å²) < 4.78 is 9.21. The molecule has 65 heavy (non-hydrogen) atoms. The first-order valence-electron chi connectivity index (χ1n) is 22.2. The normalized spacial score (nSPS) is 13.8. The molecule has 1 unspecified atom stereocenters. The van der Waals surface area contributed by atoms with Crippen LogP contribution in [0.2, 0.25) is 0 Å². The molecule has 0 amide bonds. The Bertz CT molecular complexity index is 3880. The topological polar surface area (TPSA) is 51.8 Å². The van der Waals surface area contributed by atoms with E-state index in [0.29, 0.717) is 23.4 Å². The van der Waals surface area contributed by atoms with Crippen molar-refractivity contribution in [2.75, 3.05) is 0 Å². The first kappa shape index (κ1) is 37.6. The summed E-state index contributed by atoms with van der Waals surface area (Å²) >= 11 is 1.80. The Morgan fingerprint density at radius 1 is 0.462 bits per heavy atom. The largest absolute Gasteiger partial charge is 0.455 e. The molecule has 0 N–H and O–H groups in total. The van der Waals surface area contributed by atoms with E-state index >= 15 is 0 Å². The lowest BCUT2D eigenvalue weighted by Gasteiger charge is -2.23. The Morgan fingerprint density at radius 3 is 1.97 bits per heavy atom. The number of rotatable bonds is 6. The van der Waals surface area contributed by atoms with Gasteiger partial charge in [0.2, 0.25) is 0 Å². The Hall–Kier alpha value is -7.99. The van der Waals surface area contributed by atoms with Gasteiger partial charge in [-0.15, -0.1) is 11.3 Å². The molecule has 0 bridgehead atoms. The molecule has 4 nitrogen and oxygen atoms in total. The van der Waals surface area contributed by atoms with E-state index in [0.717, 1.165) is 78.1 Å². The molecular weight excluding hydrogens is 811 g/mol. The summed E-state index contributed by atoms with van der Waals surface area (Å²) in [5.74, 6) is 2.30. The van der Waals surface area contributed by atoms with Crippen molar-refractivity contribution in [2.45, 2.75) is 13.3 Å². The van der Waals surface area contributed by atoms with Gasteiger partial charge in [-0.2, -0.15) is 0 Å². The number of thiophene rings is 1. The van der Waals surface area contributed by atoms with Crippen molar-refractivity contribution in [3.63, 3.8) is 0 Å². The number of hydrogen-bond donors (Lipinski definition) is 0. The zero-order chi connectivity index (χ0) is 43.0. The van der Waals surface area contributed by atoms with Crippen molar-refractivity contribution >= 4 is 75.9 Å². The highest BCUT2D eigenvalue weighted by Crippen LogP contribution is 2.45. The molecule has 0 saturated heterocycles. The summed E-state index contributed by atoms with van der Waals surface area (Å²) in [7, 11) is 0. The molecule has 0 radical (unpaired) electrons. The monoisotopic (exact) mass is 849 g/mol. The summed E-state index contributed by atoms with van der Waals surface area (Å²) in [6.45, 7) is 2.32. The van der Waals surface area contributed by atoms with Crippen LogP contribution in [0.1, 0.15) is 23.6 Å². The molecular formula is C60H39N3OS. The molecule has 13 rings (SSSR count). The summed E-state index contributed by atoms with van der Waals surface area (Å²) in [4.78, 5) is 15.9. The minimum Gasteiger partial charge on any atom is -0.455 e. The highest BCUT2D eigenvalue weighted by atomic mass is 32.1. The minimum absolute atomic E-state index is 0.410. The molecule has 306 valence electrons. The van der Waals surface area contributed by atoms with Crippen LogP contribution in [0.3, 0.4) is 0 Å². The van der Waals surface area contributed by atoms with Gasteiger partial charge in [-0.1, -0.05) is 171 Å². The summed E-state index contributed by atoms with van der Waals surface area (Å²) in [5.41, 5.74) is 14.2. The van der Waals surface area contributed by atoms with E-state index in [1.54, 1.807) is 11.3 Å². The Labute approximate surface area is 379 Å². The van der Waals surface area contributed by atoms with Crippen LogP contribution < -0.4 is 0 Å². The lowest BCUT2D eigenvalue weighted by molar-refractivity contribution is 0.670. The van der Waals surface area contributed by atoms with E-state index in [1.807, 2.05) is 6.07 Å². The van der Waals surface area contributed by atoms with E-state index in [-0.39, 0.29) is 0 Å². The van der Waals surface area contributed by atoms with Crippen molar-refractivity contribution in [1.82, 2.24) is 15.0 Å². The van der Waals surface area contributed by atoms with E-state index in [4.69, 9.17) is 19.4 Å². The molecule has 3 heterocycles. The number of allylic oxidation sites excluding steroid dienone is 1. The third-order valence-corrected chi connectivity index (χ3v) is 14.3. The van der Waals surface area contributed by atoms with Crippen LogP contribution in [0.25, 0.3) is 121 Å². The number of nitrogens with zero attached hydrogens (tertiary/aromatic N) is 3. The third kappa shape index (κ3) is 6.38. The number of aromatic nitrogens is 3. The van der Waals surface area contributed by atoms with E-state index in [2.05, 4.69) is 201 Å². The highest BCUT2D eigenvalue weighted by molar-refractivity contribution is 7.25. The predicted molar refractivity (Wildman–Crippen MR) is 272 cm³/mol. The molecule has 0 spiro atoms. The Kier molecular flexibility index (Phi) is 8.71. The lowest BCUT2D eigenvalue weighted by atomic mass is 9.81. The molecule has 1 atom stereocenters. The fourth-order valence-electron chi connectivity index (χ4n) is 9.98. The third-order valence-electron chi connectivity index (χ3n) is 13.2. The van der Waals surface area contributed by atoms with E-state index in [9.17, 15) is 0 Å². The van der Waals surface area contributed by atoms with E-state index in [1.165, 1.54) is 42.4 Å². The first-order valence-corrected chi connectivity index (χ1v) is 23.0. The van der Waals surface area contributed by atoms with Gasteiger partial charge < -0.3 is 4.42 Å². The summed E-state index contributed by atoms with van der Waals surface area (Å²) in [5, 5.41) is 6.92. The molecule has 0 fully saturated rings. The predicted octanol–water partition coefficient (Wildman–Crippen LogP) is 16.4. The van der Waals surface area contributed by atoms with Crippen molar-refractivity contribution in [3.05, 3.63) is 211 Å². The van der Waals surface area contributed by atoms with Gasteiger partial charge in [-0.25, -0.2) is 15.0 Å². The van der Waals surface area contributed by atoms with Crippen molar-refractivity contribution in [3.8, 4) is 56.4 Å². The fourth-order valence-corrected chi connectivity index (χ4v) is 11.1. The van der Waals surface area contributed by atoms with Gasteiger partial charge in [0.25, 0.3) is 0 Å². The van der Waals surface area contributed by atoms with Crippen molar-refractivity contribution < 1.29 is 4.42 Å². The summed E-state index contributed by atoms with van der Waals surface area (Å²) in [6.07, 6.45) is 3.38. The number of para-hydroxylation sites is 1. The Balaban J connectivity index is 1.00. The van der Waals surface area contributed by atoms with Crippen LogP contribution in [0.5, 0.6) is 0 Å². The van der Waals surface area contributed by atoms with Crippen LogP contribution in [0.15, 0.2) is 199 Å². The van der Waals surface area contributed by atoms with Crippen LogP contribution in [0.4, 0.5) is 0 Å². The van der Waals surface area contributed by atoms with Gasteiger partial charge >= 0.3 is 0 Å². The van der Waals surface area contributed by atoms with Gasteiger partial charge in [0, 0.05) is 53.2 Å². The molecule has 12 aromatic rings. The maximum Gasteiger partial charge on any atom is 0.164 e. The van der Waals surface area contributed by atoms with Crippen LogP contribution in [-0.2, 0) is 6.42 Å². The number of fused-ring (bicyclic) bond motifs is 8. The Morgan fingerprint density at radius 2 is 1.11 bits per heavy atom. The fraction of sp³-hybridized carbons (Fsp3) is 0.0500. The van der Waals surface area contributed by atoms with Gasteiger partial charge in [0.15, 0.2) is 17.5 Å². The molecule has 9 aromatic carbocycles. The number of furan rings is 1. The van der Waals surface area contributed by atoms with Gasteiger partial charge in [0.1, 0.15) is 11.2 Å². The molecule has 1 aliphatic rings. The standard InChI is InChI=1S/C60H39N3OS/c1-36-31-40-15-5-6-16-41(40)33-51(36)38-23-25-39(26-24-38)58-61-59(43-27-28-48-47-19-10-12-22-54(47)65-55(48)35-43)63-60(62-58)44-32-42-17-7-8-18-45(42)52(34-44)49-30-29-46(37-13-3-2-4-14-37)57-56(49)50-20-9-11-21-53(50)64-57/h2-30,32-36H,31H2,1H3. The van der Waals surface area contributed by atoms with E-state index < -0.39 is 0 Å². The lowest BCUT2D eigenvalue weighted by Crippen LogP contribution is -2.09. The maximum absolute atomic E-state index is 6.74. The van der Waals surface area contributed by atoms with Crippen LogP contribution >= 0.6 is 11.3 Å². The van der Waals surface area contributed by atoms with Gasteiger partial charge in [0.05, 0.1) is 0 Å². The quantitative estimate of drug-likeness (QED) is 0.167. The molecule has 1 aliphatic carbocycles. The van der Waals surface area contributed by atoms with Crippen molar-refractivity contribution in [1.29, 1.82) is 0 Å². The molecule has 5 heteroatoms. The van der Waals surface area contributed by atoms with Crippen LogP contribution in [0, 0.1) is 5.92 Å². The second kappa shape index (κ2) is 15.1. The van der Waals surface area contributed by atoms with Gasteiger partial charge in [-0.05, 0) is 98.5 Å². The number of benzene rings is 9.